The molecule has 0 amide bonds. The number of ether oxygens (including phenoxy) is 1. The van der Waals surface area contributed by atoms with Gasteiger partial charge in [0, 0.05) is 16.5 Å². The van der Waals surface area contributed by atoms with Crippen LogP contribution in [0.4, 0.5) is 0 Å². The average Bonchev–Trinajstić information content (AvgIpc) is 2.93. The molecule has 1 aromatic carbocycles. The maximum atomic E-state index is 10.4. The number of halogens is 1. The van der Waals surface area contributed by atoms with Crippen LogP contribution in [-0.2, 0) is 5.41 Å². The first-order chi connectivity index (χ1) is 8.99. The standard InChI is InChI=1S/C15H15BrO3/c1-15(2)8-19-12-4-3-9(7-11(12)15)13(17)10-5-6-18-14(10)16/h3-7,13,17H,8H2,1-2H3. The highest BCUT2D eigenvalue weighted by Crippen LogP contribution is 2.40. The van der Waals surface area contributed by atoms with Crippen molar-refractivity contribution in [1.82, 2.24) is 0 Å². The largest absolute Gasteiger partial charge is 0.492 e. The van der Waals surface area contributed by atoms with E-state index in [-0.39, 0.29) is 5.41 Å². The molecule has 2 heterocycles. The molecule has 0 saturated heterocycles. The molecular formula is C15H15BrO3. The van der Waals surface area contributed by atoms with Gasteiger partial charge in [-0.25, -0.2) is 0 Å². The summed E-state index contributed by atoms with van der Waals surface area (Å²) in [5.41, 5.74) is 2.71. The van der Waals surface area contributed by atoms with Crippen LogP contribution < -0.4 is 4.74 Å². The van der Waals surface area contributed by atoms with E-state index in [4.69, 9.17) is 9.15 Å². The molecule has 19 heavy (non-hydrogen) atoms. The van der Waals surface area contributed by atoms with Crippen LogP contribution in [-0.4, -0.2) is 11.7 Å². The summed E-state index contributed by atoms with van der Waals surface area (Å²) in [5.74, 6) is 0.909. The van der Waals surface area contributed by atoms with Crippen molar-refractivity contribution in [3.63, 3.8) is 0 Å². The molecule has 0 fully saturated rings. The molecule has 1 unspecified atom stereocenters. The number of fused-ring (bicyclic) bond motifs is 1. The molecular weight excluding hydrogens is 308 g/mol. The van der Waals surface area contributed by atoms with Crippen molar-refractivity contribution in [3.05, 3.63) is 51.9 Å². The van der Waals surface area contributed by atoms with Gasteiger partial charge in [0.2, 0.25) is 0 Å². The minimum Gasteiger partial charge on any atom is -0.492 e. The van der Waals surface area contributed by atoms with Crippen LogP contribution in [0.3, 0.4) is 0 Å². The number of rotatable bonds is 2. The van der Waals surface area contributed by atoms with E-state index in [2.05, 4.69) is 29.8 Å². The lowest BCUT2D eigenvalue weighted by Crippen LogP contribution is -2.18. The van der Waals surface area contributed by atoms with Crippen LogP contribution in [0.5, 0.6) is 5.75 Å². The smallest absolute Gasteiger partial charge is 0.175 e. The molecule has 1 atom stereocenters. The first-order valence-corrected chi connectivity index (χ1v) is 6.96. The monoisotopic (exact) mass is 322 g/mol. The van der Waals surface area contributed by atoms with E-state index < -0.39 is 6.10 Å². The van der Waals surface area contributed by atoms with Crippen LogP contribution >= 0.6 is 15.9 Å². The third kappa shape index (κ3) is 2.09. The Balaban J connectivity index is 2.02. The highest BCUT2D eigenvalue weighted by atomic mass is 79.9. The summed E-state index contributed by atoms with van der Waals surface area (Å²) in [6.45, 7) is 4.96. The lowest BCUT2D eigenvalue weighted by molar-refractivity contribution is 0.218. The Morgan fingerprint density at radius 1 is 1.32 bits per heavy atom. The highest BCUT2D eigenvalue weighted by Gasteiger charge is 2.32. The molecule has 0 saturated carbocycles. The zero-order valence-electron chi connectivity index (χ0n) is 10.8. The molecule has 1 N–H and O–H groups in total. The molecule has 2 aromatic rings. The molecule has 4 heteroatoms. The summed E-state index contributed by atoms with van der Waals surface area (Å²) < 4.78 is 11.4. The van der Waals surface area contributed by atoms with Crippen LogP contribution in [0.1, 0.15) is 36.6 Å². The van der Waals surface area contributed by atoms with E-state index in [1.807, 2.05) is 18.2 Å². The van der Waals surface area contributed by atoms with E-state index in [1.54, 1.807) is 12.3 Å². The van der Waals surface area contributed by atoms with Gasteiger partial charge in [-0.05, 0) is 39.7 Å². The lowest BCUT2D eigenvalue weighted by Gasteiger charge is -2.17. The molecule has 3 rings (SSSR count). The van der Waals surface area contributed by atoms with Gasteiger partial charge < -0.3 is 14.3 Å². The van der Waals surface area contributed by atoms with Gasteiger partial charge in [0.25, 0.3) is 0 Å². The minimum atomic E-state index is -0.699. The van der Waals surface area contributed by atoms with Gasteiger partial charge in [-0.1, -0.05) is 19.9 Å². The maximum absolute atomic E-state index is 10.4. The summed E-state index contributed by atoms with van der Waals surface area (Å²) in [4.78, 5) is 0. The number of hydrogen-bond acceptors (Lipinski definition) is 3. The summed E-state index contributed by atoms with van der Waals surface area (Å²) >= 11 is 3.30. The molecule has 0 radical (unpaired) electrons. The SMILES string of the molecule is CC1(C)COc2ccc(C(O)c3ccoc3Br)cc21. The second-order valence-electron chi connectivity index (χ2n) is 5.48. The Hall–Kier alpha value is -1.26. The predicted octanol–water partition coefficient (Wildman–Crippen LogP) is 3.79. The number of hydrogen-bond donors (Lipinski definition) is 1. The Labute approximate surface area is 120 Å². The molecule has 1 aromatic heterocycles. The van der Waals surface area contributed by atoms with E-state index >= 15 is 0 Å². The molecule has 0 spiro atoms. The summed E-state index contributed by atoms with van der Waals surface area (Å²) in [7, 11) is 0. The zero-order chi connectivity index (χ0) is 13.6. The second-order valence-corrected chi connectivity index (χ2v) is 6.20. The van der Waals surface area contributed by atoms with Gasteiger partial charge in [-0.2, -0.15) is 0 Å². The van der Waals surface area contributed by atoms with Gasteiger partial charge in [-0.15, -0.1) is 0 Å². The molecule has 3 nitrogen and oxygen atoms in total. The van der Waals surface area contributed by atoms with Crippen molar-refractivity contribution in [1.29, 1.82) is 0 Å². The molecule has 1 aliphatic heterocycles. The van der Waals surface area contributed by atoms with Gasteiger partial charge in [0.15, 0.2) is 4.67 Å². The van der Waals surface area contributed by atoms with Gasteiger partial charge in [-0.3, -0.25) is 0 Å². The number of furan rings is 1. The highest BCUT2D eigenvalue weighted by molar-refractivity contribution is 9.10. The van der Waals surface area contributed by atoms with Crippen molar-refractivity contribution in [2.24, 2.45) is 0 Å². The average molecular weight is 323 g/mol. The molecule has 100 valence electrons. The zero-order valence-corrected chi connectivity index (χ0v) is 12.4. The lowest BCUT2D eigenvalue weighted by atomic mass is 9.85. The fraction of sp³-hybridized carbons (Fsp3) is 0.333. The summed E-state index contributed by atoms with van der Waals surface area (Å²) in [5, 5.41) is 10.4. The van der Waals surface area contributed by atoms with Crippen LogP contribution in [0.2, 0.25) is 0 Å². The Morgan fingerprint density at radius 2 is 2.11 bits per heavy atom. The van der Waals surface area contributed by atoms with Crippen molar-refractivity contribution < 1.29 is 14.3 Å². The van der Waals surface area contributed by atoms with Gasteiger partial charge in [0.05, 0.1) is 12.9 Å². The summed E-state index contributed by atoms with van der Waals surface area (Å²) in [6.07, 6.45) is 0.859. The Bertz CT molecular complexity index is 616. The van der Waals surface area contributed by atoms with Crippen molar-refractivity contribution in [2.75, 3.05) is 6.61 Å². The first kappa shape index (κ1) is 12.8. The van der Waals surface area contributed by atoms with Crippen LogP contribution in [0, 0.1) is 0 Å². The van der Waals surface area contributed by atoms with Crippen molar-refractivity contribution in [2.45, 2.75) is 25.4 Å². The fourth-order valence-corrected chi connectivity index (χ4v) is 2.84. The van der Waals surface area contributed by atoms with Gasteiger partial charge in [0.1, 0.15) is 11.9 Å². The number of benzene rings is 1. The van der Waals surface area contributed by atoms with E-state index in [0.29, 0.717) is 11.3 Å². The first-order valence-electron chi connectivity index (χ1n) is 6.17. The molecule has 0 bridgehead atoms. The Kier molecular flexibility index (Phi) is 2.95. The third-order valence-corrected chi connectivity index (χ3v) is 4.22. The van der Waals surface area contributed by atoms with Crippen LogP contribution in [0.25, 0.3) is 0 Å². The third-order valence-electron chi connectivity index (χ3n) is 3.58. The van der Waals surface area contributed by atoms with E-state index in [1.165, 1.54) is 0 Å². The topological polar surface area (TPSA) is 42.6 Å². The quantitative estimate of drug-likeness (QED) is 0.914. The number of aliphatic hydroxyl groups is 1. The van der Waals surface area contributed by atoms with Gasteiger partial charge >= 0.3 is 0 Å². The van der Waals surface area contributed by atoms with E-state index in [0.717, 1.165) is 22.4 Å². The normalized spacial score (nSPS) is 17.9. The van der Waals surface area contributed by atoms with E-state index in [9.17, 15) is 5.11 Å². The molecule has 1 aliphatic rings. The second kappa shape index (κ2) is 4.39. The summed E-state index contributed by atoms with van der Waals surface area (Å²) in [6, 6.07) is 7.61. The molecule has 0 aliphatic carbocycles. The van der Waals surface area contributed by atoms with Crippen molar-refractivity contribution >= 4 is 15.9 Å². The Morgan fingerprint density at radius 3 is 2.79 bits per heavy atom. The van der Waals surface area contributed by atoms with Crippen molar-refractivity contribution in [3.8, 4) is 5.75 Å². The fourth-order valence-electron chi connectivity index (χ4n) is 2.39. The number of aliphatic hydroxyl groups excluding tert-OH is 1. The predicted molar refractivity (Wildman–Crippen MR) is 75.4 cm³/mol. The minimum absolute atomic E-state index is 0.0152. The maximum Gasteiger partial charge on any atom is 0.175 e. The van der Waals surface area contributed by atoms with Crippen LogP contribution in [0.15, 0.2) is 39.6 Å².